The van der Waals surface area contributed by atoms with Crippen LogP contribution in [0.5, 0.6) is 0 Å². The molecule has 0 aromatic carbocycles. The van der Waals surface area contributed by atoms with E-state index >= 15 is 0 Å². The molecule has 1 aliphatic carbocycles. The molecular formula is C14H21F3N2O2. The summed E-state index contributed by atoms with van der Waals surface area (Å²) in [6.45, 7) is 4.55. The minimum atomic E-state index is -4.11. The average Bonchev–Trinajstić information content (AvgIpc) is 3.00. The quantitative estimate of drug-likeness (QED) is 0.798. The van der Waals surface area contributed by atoms with Gasteiger partial charge in [-0.1, -0.05) is 0 Å². The number of halogens is 3. The smallest absolute Gasteiger partial charge is 0.395 e. The number of ether oxygens (including phenoxy) is 1. The van der Waals surface area contributed by atoms with Crippen LogP contribution in [0.2, 0.25) is 0 Å². The Morgan fingerprint density at radius 2 is 2.05 bits per heavy atom. The van der Waals surface area contributed by atoms with Crippen LogP contribution in [0, 0.1) is 16.7 Å². The molecule has 0 amide bonds. The first-order chi connectivity index (χ1) is 9.82. The molecule has 0 bridgehead atoms. The van der Waals surface area contributed by atoms with Crippen molar-refractivity contribution < 1.29 is 22.7 Å². The highest BCUT2D eigenvalue weighted by atomic mass is 19.4. The third kappa shape index (κ3) is 2.44. The molecule has 21 heavy (non-hydrogen) atoms. The van der Waals surface area contributed by atoms with Gasteiger partial charge in [0.15, 0.2) is 0 Å². The van der Waals surface area contributed by atoms with E-state index in [1.165, 1.54) is 0 Å². The van der Waals surface area contributed by atoms with Crippen LogP contribution >= 0.6 is 0 Å². The van der Waals surface area contributed by atoms with Gasteiger partial charge in [0.05, 0.1) is 17.9 Å². The van der Waals surface area contributed by atoms with Gasteiger partial charge in [-0.25, -0.2) is 0 Å². The molecule has 3 rings (SSSR count). The zero-order valence-electron chi connectivity index (χ0n) is 12.1. The molecule has 0 aromatic heterocycles. The Bertz CT molecular complexity index is 428. The van der Waals surface area contributed by atoms with Crippen molar-refractivity contribution in [3.05, 3.63) is 0 Å². The topological polar surface area (TPSA) is 41.6 Å². The number of rotatable bonds is 4. The minimum Gasteiger partial charge on any atom is -0.466 e. The Balaban J connectivity index is 1.58. The molecule has 1 unspecified atom stereocenters. The van der Waals surface area contributed by atoms with E-state index in [4.69, 9.17) is 4.74 Å². The highest BCUT2D eigenvalue weighted by Gasteiger charge is 2.65. The van der Waals surface area contributed by atoms with Gasteiger partial charge < -0.3 is 15.0 Å². The first-order valence-corrected chi connectivity index (χ1v) is 7.48. The number of hydrogen-bond donors (Lipinski definition) is 1. The lowest BCUT2D eigenvalue weighted by Gasteiger charge is -2.51. The first-order valence-electron chi connectivity index (χ1n) is 7.48. The molecule has 120 valence electrons. The van der Waals surface area contributed by atoms with Gasteiger partial charge in [-0.15, -0.1) is 0 Å². The van der Waals surface area contributed by atoms with E-state index < -0.39 is 11.6 Å². The van der Waals surface area contributed by atoms with Gasteiger partial charge in [-0.05, 0) is 19.8 Å². The maximum atomic E-state index is 13.0. The fraction of sp³-hybridized carbons (Fsp3) is 0.929. The molecule has 3 fully saturated rings. The maximum Gasteiger partial charge on any atom is 0.395 e. The average molecular weight is 306 g/mol. The van der Waals surface area contributed by atoms with Crippen molar-refractivity contribution >= 4 is 5.97 Å². The normalized spacial score (nSPS) is 30.2. The summed E-state index contributed by atoms with van der Waals surface area (Å²) in [4.78, 5) is 13.8. The van der Waals surface area contributed by atoms with Gasteiger partial charge in [-0.2, -0.15) is 13.2 Å². The lowest BCUT2D eigenvalue weighted by molar-refractivity contribution is -0.201. The van der Waals surface area contributed by atoms with E-state index in [1.807, 2.05) is 4.90 Å². The summed E-state index contributed by atoms with van der Waals surface area (Å²) in [5.74, 6) is -0.450. The summed E-state index contributed by atoms with van der Waals surface area (Å²) in [7, 11) is 0. The van der Waals surface area contributed by atoms with Crippen molar-refractivity contribution in [2.24, 2.45) is 16.7 Å². The summed E-state index contributed by atoms with van der Waals surface area (Å²) in [5, 5.41) is 3.18. The number of nitrogens with one attached hydrogen (secondary N) is 1. The molecule has 7 heteroatoms. The third-order valence-electron chi connectivity index (χ3n) is 5.19. The van der Waals surface area contributed by atoms with E-state index in [1.54, 1.807) is 6.92 Å². The van der Waals surface area contributed by atoms with Gasteiger partial charge in [0.2, 0.25) is 0 Å². The van der Waals surface area contributed by atoms with Gasteiger partial charge in [0.25, 0.3) is 0 Å². The lowest BCUT2D eigenvalue weighted by Crippen LogP contribution is -2.63. The Morgan fingerprint density at radius 1 is 1.38 bits per heavy atom. The van der Waals surface area contributed by atoms with Gasteiger partial charge >= 0.3 is 12.1 Å². The Labute approximate surface area is 122 Å². The predicted molar refractivity (Wildman–Crippen MR) is 69.6 cm³/mol. The van der Waals surface area contributed by atoms with Gasteiger partial charge in [0, 0.05) is 38.1 Å². The predicted octanol–water partition coefficient (Wildman–Crippen LogP) is 1.41. The first kappa shape index (κ1) is 15.1. The second-order valence-electron chi connectivity index (χ2n) is 6.72. The number of alkyl halides is 3. The molecule has 2 aliphatic heterocycles. The second kappa shape index (κ2) is 4.84. The standard InChI is InChI=1S/C14H21F3N2O2/c1-2-21-11(20)10-5-18-6-12(10)7-19(8-12)9-13(3-4-13)14(15,16)17/h10,18H,2-9H2,1H3. The molecular weight excluding hydrogens is 285 g/mol. The molecule has 1 saturated carbocycles. The number of likely N-dealkylation sites (tertiary alicyclic amines) is 1. The van der Waals surface area contributed by atoms with Crippen LogP contribution in [0.15, 0.2) is 0 Å². The van der Waals surface area contributed by atoms with Crippen molar-refractivity contribution in [2.45, 2.75) is 25.9 Å². The zero-order valence-corrected chi connectivity index (χ0v) is 12.1. The fourth-order valence-electron chi connectivity index (χ4n) is 3.78. The van der Waals surface area contributed by atoms with E-state index in [9.17, 15) is 18.0 Å². The zero-order chi connectivity index (χ0) is 15.3. The van der Waals surface area contributed by atoms with Crippen molar-refractivity contribution in [3.8, 4) is 0 Å². The minimum absolute atomic E-state index is 0.0772. The van der Waals surface area contributed by atoms with E-state index in [2.05, 4.69) is 5.32 Å². The van der Waals surface area contributed by atoms with Gasteiger partial charge in [-0.3, -0.25) is 4.79 Å². The van der Waals surface area contributed by atoms with Crippen LogP contribution in [0.25, 0.3) is 0 Å². The number of hydrogen-bond acceptors (Lipinski definition) is 4. The molecule has 0 radical (unpaired) electrons. The maximum absolute atomic E-state index is 13.0. The van der Waals surface area contributed by atoms with Crippen molar-refractivity contribution in [2.75, 3.05) is 39.3 Å². The van der Waals surface area contributed by atoms with Crippen LogP contribution < -0.4 is 5.32 Å². The number of nitrogens with zero attached hydrogens (tertiary/aromatic N) is 1. The van der Waals surface area contributed by atoms with Crippen molar-refractivity contribution in [1.29, 1.82) is 0 Å². The van der Waals surface area contributed by atoms with Crippen LogP contribution in [0.1, 0.15) is 19.8 Å². The molecule has 1 N–H and O–H groups in total. The molecule has 2 heterocycles. The molecule has 1 spiro atoms. The monoisotopic (exact) mass is 306 g/mol. The van der Waals surface area contributed by atoms with Crippen LogP contribution in [0.3, 0.4) is 0 Å². The lowest BCUT2D eigenvalue weighted by atomic mass is 9.71. The summed E-state index contributed by atoms with van der Waals surface area (Å²) >= 11 is 0. The highest BCUT2D eigenvalue weighted by Crippen LogP contribution is 2.59. The molecule has 1 atom stereocenters. The van der Waals surface area contributed by atoms with Crippen LogP contribution in [-0.4, -0.2) is 56.4 Å². The number of esters is 1. The van der Waals surface area contributed by atoms with E-state index in [-0.39, 0.29) is 36.7 Å². The summed E-state index contributed by atoms with van der Waals surface area (Å²) in [6, 6.07) is 0. The third-order valence-corrected chi connectivity index (χ3v) is 5.19. The Hall–Kier alpha value is -0.820. The van der Waals surface area contributed by atoms with Crippen molar-refractivity contribution in [3.63, 3.8) is 0 Å². The largest absolute Gasteiger partial charge is 0.466 e. The molecule has 2 saturated heterocycles. The Kier molecular flexibility index (Phi) is 3.48. The van der Waals surface area contributed by atoms with E-state index in [0.717, 1.165) is 0 Å². The summed E-state index contributed by atoms with van der Waals surface area (Å²) in [6.07, 6.45) is -3.64. The number of carbonyl (C=O) groups is 1. The van der Waals surface area contributed by atoms with Gasteiger partial charge in [0.1, 0.15) is 0 Å². The molecule has 4 nitrogen and oxygen atoms in total. The Morgan fingerprint density at radius 3 is 2.57 bits per heavy atom. The summed E-state index contributed by atoms with van der Waals surface area (Å²) in [5.41, 5.74) is -1.71. The second-order valence-corrected chi connectivity index (χ2v) is 6.72. The fourth-order valence-corrected chi connectivity index (χ4v) is 3.78. The summed E-state index contributed by atoms with van der Waals surface area (Å²) < 4.78 is 44.0. The van der Waals surface area contributed by atoms with Crippen molar-refractivity contribution in [1.82, 2.24) is 10.2 Å². The molecule has 0 aromatic rings. The van der Waals surface area contributed by atoms with Crippen LogP contribution in [0.4, 0.5) is 13.2 Å². The van der Waals surface area contributed by atoms with E-state index in [0.29, 0.717) is 32.8 Å². The number of carbonyl (C=O) groups excluding carboxylic acids is 1. The highest BCUT2D eigenvalue weighted by molar-refractivity contribution is 5.74. The molecule has 3 aliphatic rings. The SMILES string of the molecule is CCOC(=O)C1CNCC12CN(CC1(C(F)(F)F)CC1)C2. The van der Waals surface area contributed by atoms with Crippen LogP contribution in [-0.2, 0) is 9.53 Å².